The second-order valence-electron chi connectivity index (χ2n) is 6.85. The zero-order valence-corrected chi connectivity index (χ0v) is 14.4. The highest BCUT2D eigenvalue weighted by Gasteiger charge is 2.41. The average Bonchev–Trinajstić information content (AvgIpc) is 3.28. The summed E-state index contributed by atoms with van der Waals surface area (Å²) in [5.41, 5.74) is 1.92. The zero-order chi connectivity index (χ0) is 17.9. The van der Waals surface area contributed by atoms with Gasteiger partial charge < -0.3 is 10.1 Å². The van der Waals surface area contributed by atoms with E-state index in [1.807, 2.05) is 36.4 Å². The maximum absolute atomic E-state index is 12.8. The minimum atomic E-state index is -0.500. The minimum absolute atomic E-state index is 0.0642. The predicted molar refractivity (Wildman–Crippen MR) is 94.2 cm³/mol. The molecule has 0 spiro atoms. The van der Waals surface area contributed by atoms with Gasteiger partial charge in [-0.1, -0.05) is 30.3 Å². The number of urea groups is 1. The van der Waals surface area contributed by atoms with Gasteiger partial charge in [-0.25, -0.2) is 4.79 Å². The van der Waals surface area contributed by atoms with Gasteiger partial charge in [0.25, 0.3) is 5.91 Å². The number of H-pyrrole nitrogens is 1. The number of hydrogen-bond donors (Lipinski definition) is 2. The van der Waals surface area contributed by atoms with Crippen LogP contribution in [0.15, 0.2) is 42.6 Å². The number of aromatic amines is 1. The van der Waals surface area contributed by atoms with E-state index in [0.717, 1.165) is 24.1 Å². The van der Waals surface area contributed by atoms with Crippen molar-refractivity contribution in [3.8, 4) is 0 Å². The summed E-state index contributed by atoms with van der Waals surface area (Å²) in [6, 6.07) is 10.8. The molecule has 7 heteroatoms. The highest BCUT2D eigenvalue weighted by Crippen LogP contribution is 2.33. The van der Waals surface area contributed by atoms with Gasteiger partial charge in [-0.15, -0.1) is 0 Å². The number of carbonyl (C=O) groups is 2. The lowest BCUT2D eigenvalue weighted by molar-refractivity contribution is -0.129. The number of amides is 3. The summed E-state index contributed by atoms with van der Waals surface area (Å²) >= 11 is 0. The standard InChI is InChI=1S/C19H22N4O3/c24-18-16(11-13-5-2-1-3-6-13)21-19(25)23(18)12-14-7-4-10-26-17(14)15-8-9-20-22-15/h1-3,5-6,8-9,14,16-17H,4,7,10-12H2,(H,20,22)(H,21,25)/t14-,16?,17+/m0/s1. The third-order valence-electron chi connectivity index (χ3n) is 5.08. The molecular formula is C19H22N4O3. The topological polar surface area (TPSA) is 87.3 Å². The fourth-order valence-electron chi connectivity index (χ4n) is 3.77. The Balaban J connectivity index is 1.45. The van der Waals surface area contributed by atoms with Crippen LogP contribution in [0.4, 0.5) is 4.79 Å². The summed E-state index contributed by atoms with van der Waals surface area (Å²) < 4.78 is 5.90. The van der Waals surface area contributed by atoms with Crippen LogP contribution in [0, 0.1) is 5.92 Å². The van der Waals surface area contributed by atoms with Crippen LogP contribution in [0.2, 0.25) is 0 Å². The van der Waals surface area contributed by atoms with Gasteiger partial charge in [0, 0.05) is 31.7 Å². The zero-order valence-electron chi connectivity index (χ0n) is 14.4. The number of benzene rings is 1. The van der Waals surface area contributed by atoms with E-state index in [2.05, 4.69) is 15.5 Å². The largest absolute Gasteiger partial charge is 0.372 e. The first kappa shape index (κ1) is 16.8. The summed E-state index contributed by atoms with van der Waals surface area (Å²) in [5, 5.41) is 9.75. The Hall–Kier alpha value is -2.67. The minimum Gasteiger partial charge on any atom is -0.372 e. The molecule has 7 nitrogen and oxygen atoms in total. The highest BCUT2D eigenvalue weighted by molar-refractivity contribution is 6.04. The molecule has 1 aromatic heterocycles. The first-order valence-corrected chi connectivity index (χ1v) is 8.99. The highest BCUT2D eigenvalue weighted by atomic mass is 16.5. The van der Waals surface area contributed by atoms with Crippen molar-refractivity contribution < 1.29 is 14.3 Å². The van der Waals surface area contributed by atoms with Gasteiger partial charge in [0.2, 0.25) is 0 Å². The van der Waals surface area contributed by atoms with Crippen LogP contribution >= 0.6 is 0 Å². The number of nitrogens with one attached hydrogen (secondary N) is 2. The fraction of sp³-hybridized carbons (Fsp3) is 0.421. The summed E-state index contributed by atoms with van der Waals surface area (Å²) in [5.74, 6) is -0.0952. The Morgan fingerprint density at radius 2 is 2.04 bits per heavy atom. The predicted octanol–water partition coefficient (Wildman–Crippen LogP) is 2.04. The van der Waals surface area contributed by atoms with Crippen LogP contribution in [-0.4, -0.2) is 46.2 Å². The first-order valence-electron chi connectivity index (χ1n) is 8.99. The molecular weight excluding hydrogens is 332 g/mol. The van der Waals surface area contributed by atoms with Crippen molar-refractivity contribution in [2.24, 2.45) is 5.92 Å². The molecule has 4 rings (SSSR count). The van der Waals surface area contributed by atoms with Crippen LogP contribution in [0.3, 0.4) is 0 Å². The SMILES string of the molecule is O=C1NC(Cc2ccccc2)C(=O)N1C[C@@H]1CCCO[C@H]1c1ccn[nH]1. The fourth-order valence-corrected chi connectivity index (χ4v) is 3.77. The smallest absolute Gasteiger partial charge is 0.324 e. The Morgan fingerprint density at radius 1 is 1.19 bits per heavy atom. The number of aromatic nitrogens is 2. The second kappa shape index (κ2) is 7.29. The van der Waals surface area contributed by atoms with Crippen LogP contribution in [0.5, 0.6) is 0 Å². The number of carbonyl (C=O) groups excluding carboxylic acids is 2. The number of rotatable bonds is 5. The van der Waals surface area contributed by atoms with Gasteiger partial charge in [0.15, 0.2) is 0 Å². The Morgan fingerprint density at radius 3 is 2.81 bits per heavy atom. The molecule has 2 N–H and O–H groups in total. The van der Waals surface area contributed by atoms with Gasteiger partial charge in [-0.2, -0.15) is 5.10 Å². The lowest BCUT2D eigenvalue weighted by Crippen LogP contribution is -2.39. The van der Waals surface area contributed by atoms with Gasteiger partial charge in [-0.3, -0.25) is 14.8 Å². The third-order valence-corrected chi connectivity index (χ3v) is 5.08. The molecule has 2 aromatic rings. The molecule has 2 aliphatic rings. The van der Waals surface area contributed by atoms with Crippen molar-refractivity contribution >= 4 is 11.9 Å². The van der Waals surface area contributed by atoms with E-state index in [4.69, 9.17) is 4.74 Å². The van der Waals surface area contributed by atoms with Gasteiger partial charge in [0.1, 0.15) is 12.1 Å². The van der Waals surface area contributed by atoms with Crippen LogP contribution in [-0.2, 0) is 16.0 Å². The summed E-state index contributed by atoms with van der Waals surface area (Å²) in [6.45, 7) is 1.04. The number of nitrogens with zero attached hydrogens (tertiary/aromatic N) is 2. The molecule has 1 aromatic carbocycles. The summed E-state index contributed by atoms with van der Waals surface area (Å²) in [6.07, 6.45) is 3.86. The van der Waals surface area contributed by atoms with Crippen molar-refractivity contribution in [1.29, 1.82) is 0 Å². The molecule has 0 saturated carbocycles. The molecule has 0 aliphatic carbocycles. The maximum atomic E-state index is 12.8. The quantitative estimate of drug-likeness (QED) is 0.805. The molecule has 1 unspecified atom stereocenters. The van der Waals surface area contributed by atoms with E-state index in [9.17, 15) is 9.59 Å². The number of ether oxygens (including phenoxy) is 1. The Kier molecular flexibility index (Phi) is 4.71. The van der Waals surface area contributed by atoms with E-state index in [1.165, 1.54) is 4.90 Å². The van der Waals surface area contributed by atoms with Gasteiger partial charge in [0.05, 0.1) is 5.69 Å². The molecule has 2 saturated heterocycles. The molecule has 3 heterocycles. The summed E-state index contributed by atoms with van der Waals surface area (Å²) in [4.78, 5) is 26.5. The van der Waals surface area contributed by atoms with E-state index >= 15 is 0 Å². The lowest BCUT2D eigenvalue weighted by Gasteiger charge is -2.32. The lowest BCUT2D eigenvalue weighted by atomic mass is 9.91. The Bertz CT molecular complexity index is 762. The molecule has 0 bridgehead atoms. The van der Waals surface area contributed by atoms with Crippen molar-refractivity contribution in [3.05, 3.63) is 53.9 Å². The molecule has 3 amide bonds. The number of imide groups is 1. The van der Waals surface area contributed by atoms with Crippen molar-refractivity contribution in [1.82, 2.24) is 20.4 Å². The van der Waals surface area contributed by atoms with E-state index < -0.39 is 6.04 Å². The molecule has 2 fully saturated rings. The monoisotopic (exact) mass is 354 g/mol. The van der Waals surface area contributed by atoms with Crippen molar-refractivity contribution in [3.63, 3.8) is 0 Å². The maximum Gasteiger partial charge on any atom is 0.324 e. The Labute approximate surface area is 151 Å². The van der Waals surface area contributed by atoms with Gasteiger partial charge in [-0.05, 0) is 24.5 Å². The van der Waals surface area contributed by atoms with Crippen molar-refractivity contribution in [2.45, 2.75) is 31.4 Å². The molecule has 3 atom stereocenters. The van der Waals surface area contributed by atoms with E-state index in [1.54, 1.807) is 6.20 Å². The number of hydrogen-bond acceptors (Lipinski definition) is 4. The normalized spacial score (nSPS) is 26.2. The van der Waals surface area contributed by atoms with Crippen LogP contribution < -0.4 is 5.32 Å². The van der Waals surface area contributed by atoms with Crippen LogP contribution in [0.25, 0.3) is 0 Å². The average molecular weight is 354 g/mol. The van der Waals surface area contributed by atoms with Crippen LogP contribution in [0.1, 0.15) is 30.2 Å². The van der Waals surface area contributed by atoms with Crippen molar-refractivity contribution in [2.75, 3.05) is 13.2 Å². The van der Waals surface area contributed by atoms with Gasteiger partial charge >= 0.3 is 6.03 Å². The molecule has 0 radical (unpaired) electrons. The third kappa shape index (κ3) is 3.35. The van der Waals surface area contributed by atoms with E-state index in [-0.39, 0.29) is 24.0 Å². The second-order valence-corrected chi connectivity index (χ2v) is 6.85. The van der Waals surface area contributed by atoms with E-state index in [0.29, 0.717) is 19.6 Å². The first-order chi connectivity index (χ1) is 12.7. The molecule has 2 aliphatic heterocycles. The molecule has 136 valence electrons. The molecule has 26 heavy (non-hydrogen) atoms. The summed E-state index contributed by atoms with van der Waals surface area (Å²) in [7, 11) is 0.